The predicted molar refractivity (Wildman–Crippen MR) is 101 cm³/mol. The molecular formula is C21H25N3O3. The van der Waals surface area contributed by atoms with Crippen molar-refractivity contribution in [1.29, 1.82) is 0 Å². The number of imide groups is 1. The number of carbonyl (C=O) groups excluding carboxylic acids is 3. The Morgan fingerprint density at radius 3 is 2.78 bits per heavy atom. The van der Waals surface area contributed by atoms with Gasteiger partial charge in [0.25, 0.3) is 5.91 Å². The highest BCUT2D eigenvalue weighted by molar-refractivity contribution is 6.05. The van der Waals surface area contributed by atoms with E-state index < -0.39 is 6.04 Å². The number of nitrogens with one attached hydrogen (secondary N) is 1. The standard InChI is InChI=1S/C21H25N3O3/c1-12-2-5-17(22)14(8-12)9-13-3-4-16-15(10-13)11-24(21(16)27)18-6-7-19(25)23-20(18)26/h3-4,10,14,17-18H,1-2,5-9,11,22H2,(H,23,25,26)/t14-,17+,18+/m1/s1. The average Bonchev–Trinajstić information content (AvgIpc) is 2.94. The molecule has 1 aromatic rings. The van der Waals surface area contributed by atoms with Gasteiger partial charge >= 0.3 is 0 Å². The van der Waals surface area contributed by atoms with Gasteiger partial charge in [-0.15, -0.1) is 0 Å². The summed E-state index contributed by atoms with van der Waals surface area (Å²) in [7, 11) is 0. The van der Waals surface area contributed by atoms with Gasteiger partial charge in [0.1, 0.15) is 6.04 Å². The molecule has 1 saturated carbocycles. The highest BCUT2D eigenvalue weighted by atomic mass is 16.2. The number of fused-ring (bicyclic) bond motifs is 1. The molecule has 0 spiro atoms. The van der Waals surface area contributed by atoms with Crippen LogP contribution in [0.3, 0.4) is 0 Å². The van der Waals surface area contributed by atoms with Gasteiger partial charge in [0.2, 0.25) is 11.8 Å². The molecule has 2 fully saturated rings. The van der Waals surface area contributed by atoms with Crippen LogP contribution in [0.5, 0.6) is 0 Å². The highest BCUT2D eigenvalue weighted by Crippen LogP contribution is 2.32. The van der Waals surface area contributed by atoms with Gasteiger partial charge in [0.15, 0.2) is 0 Å². The van der Waals surface area contributed by atoms with Gasteiger partial charge in [-0.2, -0.15) is 0 Å². The van der Waals surface area contributed by atoms with E-state index in [0.717, 1.165) is 31.2 Å². The molecule has 3 aliphatic rings. The van der Waals surface area contributed by atoms with Gasteiger partial charge in [0.05, 0.1) is 0 Å². The van der Waals surface area contributed by atoms with Crippen molar-refractivity contribution in [3.8, 4) is 0 Å². The van der Waals surface area contributed by atoms with Crippen LogP contribution < -0.4 is 11.1 Å². The lowest BCUT2D eigenvalue weighted by molar-refractivity contribution is -0.136. The lowest BCUT2D eigenvalue weighted by Gasteiger charge is -2.30. The first-order valence-electron chi connectivity index (χ1n) is 9.61. The maximum absolute atomic E-state index is 12.7. The molecule has 2 heterocycles. The summed E-state index contributed by atoms with van der Waals surface area (Å²) in [5.74, 6) is -0.395. The molecule has 3 N–H and O–H groups in total. The monoisotopic (exact) mass is 367 g/mol. The van der Waals surface area contributed by atoms with Gasteiger partial charge in [-0.25, -0.2) is 0 Å². The molecule has 1 aromatic carbocycles. The molecule has 4 rings (SSSR count). The number of hydrogen-bond donors (Lipinski definition) is 2. The molecule has 6 heteroatoms. The maximum Gasteiger partial charge on any atom is 0.255 e. The quantitative estimate of drug-likeness (QED) is 0.628. The molecule has 1 saturated heterocycles. The third-order valence-corrected chi connectivity index (χ3v) is 6.07. The van der Waals surface area contributed by atoms with E-state index in [9.17, 15) is 14.4 Å². The molecule has 2 aliphatic heterocycles. The van der Waals surface area contributed by atoms with Gasteiger partial charge < -0.3 is 10.6 Å². The first kappa shape index (κ1) is 17.9. The number of amides is 3. The van der Waals surface area contributed by atoms with Gasteiger partial charge in [-0.05, 0) is 55.2 Å². The number of benzene rings is 1. The molecular weight excluding hydrogens is 342 g/mol. The van der Waals surface area contributed by atoms with Crippen molar-refractivity contribution in [2.24, 2.45) is 11.7 Å². The van der Waals surface area contributed by atoms with E-state index in [1.54, 1.807) is 4.90 Å². The molecule has 0 aromatic heterocycles. The molecule has 0 unspecified atom stereocenters. The Hall–Kier alpha value is -2.47. The van der Waals surface area contributed by atoms with Gasteiger partial charge in [-0.3, -0.25) is 19.7 Å². The van der Waals surface area contributed by atoms with Crippen LogP contribution in [-0.2, 0) is 22.6 Å². The van der Waals surface area contributed by atoms with E-state index in [4.69, 9.17) is 5.73 Å². The smallest absolute Gasteiger partial charge is 0.255 e. The Labute approximate surface area is 158 Å². The number of hydrogen-bond acceptors (Lipinski definition) is 4. The van der Waals surface area contributed by atoms with Crippen molar-refractivity contribution >= 4 is 17.7 Å². The fraction of sp³-hybridized carbons (Fsp3) is 0.476. The lowest BCUT2D eigenvalue weighted by Crippen LogP contribution is -2.52. The molecule has 3 atom stereocenters. The Bertz CT molecular complexity index is 832. The minimum Gasteiger partial charge on any atom is -0.327 e. The Morgan fingerprint density at radius 2 is 2.00 bits per heavy atom. The first-order valence-corrected chi connectivity index (χ1v) is 9.61. The maximum atomic E-state index is 12.7. The summed E-state index contributed by atoms with van der Waals surface area (Å²) >= 11 is 0. The molecule has 27 heavy (non-hydrogen) atoms. The van der Waals surface area contributed by atoms with Crippen molar-refractivity contribution in [2.75, 3.05) is 0 Å². The Balaban J connectivity index is 1.50. The number of rotatable bonds is 3. The lowest BCUT2D eigenvalue weighted by atomic mass is 9.79. The SMILES string of the molecule is C=C1CC[C@H](N)[C@@H](Cc2ccc3c(c2)CN([C@H]2CCC(=O)NC2=O)C3=O)C1. The summed E-state index contributed by atoms with van der Waals surface area (Å²) in [6, 6.07) is 5.55. The number of allylic oxidation sites excluding steroid dienone is 1. The molecule has 1 aliphatic carbocycles. The van der Waals surface area contributed by atoms with E-state index in [2.05, 4.69) is 18.0 Å². The summed E-state index contributed by atoms with van der Waals surface area (Å²) < 4.78 is 0. The second-order valence-electron chi connectivity index (χ2n) is 8.01. The minimum absolute atomic E-state index is 0.131. The van der Waals surface area contributed by atoms with Crippen LogP contribution in [0.4, 0.5) is 0 Å². The summed E-state index contributed by atoms with van der Waals surface area (Å²) in [5, 5.41) is 2.33. The first-order chi connectivity index (χ1) is 12.9. The molecule has 142 valence electrons. The highest BCUT2D eigenvalue weighted by Gasteiger charge is 2.39. The van der Waals surface area contributed by atoms with Crippen LogP contribution in [0.1, 0.15) is 53.6 Å². The summed E-state index contributed by atoms with van der Waals surface area (Å²) in [4.78, 5) is 37.8. The molecule has 3 amide bonds. The number of nitrogens with two attached hydrogens (primary N) is 1. The van der Waals surface area contributed by atoms with E-state index >= 15 is 0 Å². The fourth-order valence-electron chi connectivity index (χ4n) is 4.51. The van der Waals surface area contributed by atoms with E-state index in [1.807, 2.05) is 12.1 Å². The van der Waals surface area contributed by atoms with Crippen LogP contribution in [0, 0.1) is 5.92 Å². The zero-order valence-electron chi connectivity index (χ0n) is 15.4. The van der Waals surface area contributed by atoms with Crippen molar-refractivity contribution in [3.05, 3.63) is 47.0 Å². The van der Waals surface area contributed by atoms with Crippen LogP contribution in [0.15, 0.2) is 30.4 Å². The van der Waals surface area contributed by atoms with E-state index in [0.29, 0.717) is 24.4 Å². The van der Waals surface area contributed by atoms with Crippen LogP contribution in [-0.4, -0.2) is 34.7 Å². The van der Waals surface area contributed by atoms with Crippen molar-refractivity contribution < 1.29 is 14.4 Å². The largest absolute Gasteiger partial charge is 0.327 e. The number of nitrogens with zero attached hydrogens (tertiary/aromatic N) is 1. The second kappa shape index (κ2) is 6.93. The summed E-state index contributed by atoms with van der Waals surface area (Å²) in [6.45, 7) is 4.53. The third kappa shape index (κ3) is 3.41. The van der Waals surface area contributed by atoms with Gasteiger partial charge in [-0.1, -0.05) is 24.3 Å². The van der Waals surface area contributed by atoms with E-state index in [1.165, 1.54) is 11.1 Å². The molecule has 0 radical (unpaired) electrons. The average molecular weight is 367 g/mol. The van der Waals surface area contributed by atoms with Crippen molar-refractivity contribution in [1.82, 2.24) is 10.2 Å². The zero-order valence-corrected chi connectivity index (χ0v) is 15.4. The van der Waals surface area contributed by atoms with Crippen LogP contribution in [0.25, 0.3) is 0 Å². The fourth-order valence-corrected chi connectivity index (χ4v) is 4.51. The number of carbonyl (C=O) groups is 3. The van der Waals surface area contributed by atoms with Crippen molar-refractivity contribution in [2.45, 2.75) is 57.2 Å². The minimum atomic E-state index is -0.568. The topological polar surface area (TPSA) is 92.5 Å². The summed E-state index contributed by atoms with van der Waals surface area (Å²) in [5.41, 5.74) is 10.3. The molecule has 6 nitrogen and oxygen atoms in total. The normalized spacial score (nSPS) is 28.3. The van der Waals surface area contributed by atoms with E-state index in [-0.39, 0.29) is 30.2 Å². The molecule has 0 bridgehead atoms. The summed E-state index contributed by atoms with van der Waals surface area (Å²) in [6.07, 6.45) is 4.48. The van der Waals surface area contributed by atoms with Crippen LogP contribution >= 0.6 is 0 Å². The van der Waals surface area contributed by atoms with Crippen LogP contribution in [0.2, 0.25) is 0 Å². The predicted octanol–water partition coefficient (Wildman–Crippen LogP) is 1.67. The third-order valence-electron chi connectivity index (χ3n) is 6.07. The number of piperidine rings is 1. The Kier molecular flexibility index (Phi) is 4.60. The second-order valence-corrected chi connectivity index (χ2v) is 8.01. The zero-order chi connectivity index (χ0) is 19.1. The van der Waals surface area contributed by atoms with Crippen molar-refractivity contribution in [3.63, 3.8) is 0 Å². The Morgan fingerprint density at radius 1 is 1.19 bits per heavy atom. The van der Waals surface area contributed by atoms with Gasteiger partial charge in [0, 0.05) is 24.6 Å².